The minimum atomic E-state index is -4.96. The highest BCUT2D eigenvalue weighted by molar-refractivity contribution is 7.47. The van der Waals surface area contributed by atoms with Gasteiger partial charge in [-0.25, -0.2) is 9.13 Å². The summed E-state index contributed by atoms with van der Waals surface area (Å²) >= 11 is 0. The Morgan fingerprint density at radius 2 is 0.451 bits per heavy atom. The van der Waals surface area contributed by atoms with Crippen molar-refractivity contribution in [3.05, 3.63) is 0 Å². The Balaban J connectivity index is 5.24. The van der Waals surface area contributed by atoms with Crippen LogP contribution in [0.4, 0.5) is 0 Å². The van der Waals surface area contributed by atoms with Crippen LogP contribution < -0.4 is 0 Å². The molecule has 0 amide bonds. The van der Waals surface area contributed by atoms with Crippen LogP contribution in [0.25, 0.3) is 0 Å². The highest BCUT2D eigenvalue weighted by Crippen LogP contribution is 2.45. The van der Waals surface area contributed by atoms with E-state index >= 15 is 0 Å². The predicted molar refractivity (Wildman–Crippen MR) is 418 cm³/mol. The highest BCUT2D eigenvalue weighted by Gasteiger charge is 2.30. The first kappa shape index (κ1) is 100. The summed E-state index contributed by atoms with van der Waals surface area (Å²) in [5, 5.41) is 10.7. The zero-order valence-electron chi connectivity index (χ0n) is 66.9. The molecule has 17 nitrogen and oxygen atoms in total. The van der Waals surface area contributed by atoms with Gasteiger partial charge in [0.25, 0.3) is 0 Å². The number of hydrogen-bond donors (Lipinski definition) is 3. The molecule has 0 saturated carbocycles. The quantitative estimate of drug-likeness (QED) is 0.0222. The number of ether oxygens (including phenoxy) is 4. The number of rotatable bonds is 82. The van der Waals surface area contributed by atoms with Crippen LogP contribution in [-0.4, -0.2) is 96.7 Å². The van der Waals surface area contributed by atoms with Crippen LogP contribution in [0.1, 0.15) is 440 Å². The Morgan fingerprint density at radius 1 is 0.265 bits per heavy atom. The zero-order chi connectivity index (χ0) is 74.9. The molecule has 0 aliphatic carbocycles. The van der Waals surface area contributed by atoms with Crippen molar-refractivity contribution in [3.63, 3.8) is 0 Å². The molecule has 5 atom stereocenters. The van der Waals surface area contributed by atoms with Crippen molar-refractivity contribution in [2.45, 2.75) is 458 Å². The van der Waals surface area contributed by atoms with Gasteiger partial charge in [0.2, 0.25) is 0 Å². The minimum absolute atomic E-state index is 0.107. The van der Waals surface area contributed by atoms with Crippen molar-refractivity contribution in [1.82, 2.24) is 0 Å². The van der Waals surface area contributed by atoms with Crippen LogP contribution in [0, 0.1) is 11.8 Å². The number of carbonyl (C=O) groups excluding carboxylic acids is 4. The first-order valence-corrected chi connectivity index (χ1v) is 46.0. The molecule has 0 bridgehead atoms. The average Bonchev–Trinajstić information content (AvgIpc) is 0.922. The molecule has 0 aliphatic heterocycles. The molecule has 0 aliphatic rings. The number of hydrogen-bond acceptors (Lipinski definition) is 15. The lowest BCUT2D eigenvalue weighted by atomic mass is 10.0. The monoisotopic (exact) mass is 1490 g/mol. The van der Waals surface area contributed by atoms with Crippen LogP contribution in [0.3, 0.4) is 0 Å². The van der Waals surface area contributed by atoms with E-state index in [0.717, 1.165) is 102 Å². The second-order valence-corrected chi connectivity index (χ2v) is 33.7. The third kappa shape index (κ3) is 76.3. The molecule has 102 heavy (non-hydrogen) atoms. The summed E-state index contributed by atoms with van der Waals surface area (Å²) in [6.45, 7) is 9.68. The molecule has 2 unspecified atom stereocenters. The van der Waals surface area contributed by atoms with Crippen LogP contribution in [0.2, 0.25) is 0 Å². The van der Waals surface area contributed by atoms with Gasteiger partial charge in [-0.2, -0.15) is 0 Å². The number of phosphoric ester groups is 2. The lowest BCUT2D eigenvalue weighted by Crippen LogP contribution is -2.30. The number of phosphoric acid groups is 2. The maximum absolute atomic E-state index is 13.1. The summed E-state index contributed by atoms with van der Waals surface area (Å²) in [7, 11) is -9.92. The van der Waals surface area contributed by atoms with Crippen molar-refractivity contribution in [1.29, 1.82) is 0 Å². The van der Waals surface area contributed by atoms with E-state index in [1.807, 2.05) is 0 Å². The van der Waals surface area contributed by atoms with Gasteiger partial charge < -0.3 is 33.8 Å². The van der Waals surface area contributed by atoms with Gasteiger partial charge in [0, 0.05) is 25.7 Å². The minimum Gasteiger partial charge on any atom is -0.462 e. The third-order valence-corrected chi connectivity index (χ3v) is 21.4. The van der Waals surface area contributed by atoms with Gasteiger partial charge in [-0.15, -0.1) is 0 Å². The molecule has 0 aromatic rings. The first-order valence-electron chi connectivity index (χ1n) is 43.0. The number of unbranched alkanes of at least 4 members (excludes halogenated alkanes) is 52. The lowest BCUT2D eigenvalue weighted by Gasteiger charge is -2.21. The van der Waals surface area contributed by atoms with E-state index in [1.165, 1.54) is 257 Å². The smallest absolute Gasteiger partial charge is 0.462 e. The fourth-order valence-corrected chi connectivity index (χ4v) is 14.5. The van der Waals surface area contributed by atoms with Gasteiger partial charge in [0.15, 0.2) is 12.2 Å². The second kappa shape index (κ2) is 74.5. The Kier molecular flexibility index (Phi) is 73.1. The fourth-order valence-electron chi connectivity index (χ4n) is 12.9. The van der Waals surface area contributed by atoms with Gasteiger partial charge in [-0.3, -0.25) is 37.3 Å². The summed E-state index contributed by atoms with van der Waals surface area (Å²) in [5.74, 6) is -0.532. The normalized spacial score (nSPS) is 13.9. The number of carbonyl (C=O) groups is 4. The Hall–Kier alpha value is -1.94. The summed E-state index contributed by atoms with van der Waals surface area (Å²) in [4.78, 5) is 73.1. The maximum atomic E-state index is 13.1. The number of aliphatic hydroxyl groups is 1. The average molecular weight is 1490 g/mol. The second-order valence-electron chi connectivity index (χ2n) is 30.8. The largest absolute Gasteiger partial charge is 0.472 e. The Bertz CT molecular complexity index is 1960. The van der Waals surface area contributed by atoms with Gasteiger partial charge in [0.05, 0.1) is 26.4 Å². The van der Waals surface area contributed by atoms with E-state index < -0.39 is 97.5 Å². The fraction of sp³-hybridized carbons (Fsp3) is 0.952. The van der Waals surface area contributed by atoms with Gasteiger partial charge >= 0.3 is 39.5 Å². The van der Waals surface area contributed by atoms with Crippen molar-refractivity contribution in [2.24, 2.45) is 11.8 Å². The first-order chi connectivity index (χ1) is 49.4. The molecule has 19 heteroatoms. The van der Waals surface area contributed by atoms with E-state index in [2.05, 4.69) is 41.5 Å². The van der Waals surface area contributed by atoms with Crippen molar-refractivity contribution in [3.8, 4) is 0 Å². The molecule has 0 rings (SSSR count). The van der Waals surface area contributed by atoms with E-state index in [0.29, 0.717) is 25.7 Å². The van der Waals surface area contributed by atoms with E-state index in [9.17, 15) is 43.2 Å². The van der Waals surface area contributed by atoms with E-state index in [-0.39, 0.29) is 25.7 Å². The van der Waals surface area contributed by atoms with Crippen molar-refractivity contribution >= 4 is 39.5 Å². The van der Waals surface area contributed by atoms with Crippen molar-refractivity contribution in [2.75, 3.05) is 39.6 Å². The van der Waals surface area contributed by atoms with E-state index in [4.69, 9.17) is 37.0 Å². The van der Waals surface area contributed by atoms with Crippen LogP contribution >= 0.6 is 15.6 Å². The lowest BCUT2D eigenvalue weighted by molar-refractivity contribution is -0.161. The standard InChI is InChI=1S/C83H162O17P2/c1-7-9-11-13-15-17-19-21-22-28-31-35-42-48-54-60-66-81(86)94-71-78(99-82(87)67-61-55-49-43-36-32-29-26-24-23-25-27-30-33-39-45-51-57-63-75(3)4)73-97-101(89,90)95-69-77(84)70-96-102(91,92)98-74-79(72-93-80(85)65-59-53-47-41-34-20-18-16-14-12-10-8-2)100-83(88)68-62-56-50-44-38-37-40-46-52-58-64-76(5)6/h75-79,84H,7-74H2,1-6H3,(H,89,90)(H,91,92)/t77-,78-,79-/m1/s1. The van der Waals surface area contributed by atoms with Crippen LogP contribution in [-0.2, 0) is 65.4 Å². The maximum Gasteiger partial charge on any atom is 0.472 e. The van der Waals surface area contributed by atoms with E-state index in [1.54, 1.807) is 0 Å². The van der Waals surface area contributed by atoms with Crippen LogP contribution in [0.15, 0.2) is 0 Å². The molecule has 0 aromatic heterocycles. The third-order valence-electron chi connectivity index (χ3n) is 19.5. The zero-order valence-corrected chi connectivity index (χ0v) is 68.7. The topological polar surface area (TPSA) is 237 Å². The predicted octanol–water partition coefficient (Wildman–Crippen LogP) is 25.1. The highest BCUT2D eigenvalue weighted by atomic mass is 31.2. The van der Waals surface area contributed by atoms with Gasteiger partial charge in [-0.1, -0.05) is 388 Å². The molecule has 0 aromatic carbocycles. The molecular weight excluding hydrogens is 1330 g/mol. The van der Waals surface area contributed by atoms with Crippen molar-refractivity contribution < 1.29 is 80.2 Å². The molecule has 0 spiro atoms. The summed E-state index contributed by atoms with van der Waals surface area (Å²) < 4.78 is 68.8. The molecule has 0 heterocycles. The molecule has 606 valence electrons. The van der Waals surface area contributed by atoms with Crippen LogP contribution in [0.5, 0.6) is 0 Å². The molecule has 0 saturated heterocycles. The molecule has 0 radical (unpaired) electrons. The van der Waals surface area contributed by atoms with Gasteiger partial charge in [0.1, 0.15) is 19.3 Å². The summed E-state index contributed by atoms with van der Waals surface area (Å²) in [5.41, 5.74) is 0. The molecular formula is C83H162O17P2. The Labute approximate surface area is 626 Å². The molecule has 0 fully saturated rings. The number of esters is 4. The SMILES string of the molecule is CCCCCCCCCCCCCCCCCCC(=O)OC[C@H](COP(=O)(O)OC[C@@H](O)COP(=O)(O)OC[C@@H](COC(=O)CCCCCCCCCCCCCC)OC(=O)CCCCCCCCCCCCC(C)C)OC(=O)CCCCCCCCCCCCCCCCCCCCC(C)C. The molecule has 3 N–H and O–H groups in total. The van der Waals surface area contributed by atoms with Gasteiger partial charge in [-0.05, 0) is 37.5 Å². The summed E-state index contributed by atoms with van der Waals surface area (Å²) in [6.07, 6.45) is 65.2. The summed E-state index contributed by atoms with van der Waals surface area (Å²) in [6, 6.07) is 0. The number of aliphatic hydroxyl groups excluding tert-OH is 1. The Morgan fingerprint density at radius 3 is 0.667 bits per heavy atom.